The molecule has 0 spiro atoms. The van der Waals surface area contributed by atoms with Gasteiger partial charge in [0.15, 0.2) is 5.96 Å². The van der Waals surface area contributed by atoms with Crippen LogP contribution < -0.4 is 5.32 Å². The molecule has 0 bridgehead atoms. The van der Waals surface area contributed by atoms with Crippen LogP contribution in [0.2, 0.25) is 0 Å². The predicted molar refractivity (Wildman–Crippen MR) is 144 cm³/mol. The summed E-state index contributed by atoms with van der Waals surface area (Å²) in [6, 6.07) is 15.2. The van der Waals surface area contributed by atoms with E-state index in [1.54, 1.807) is 19.0 Å². The van der Waals surface area contributed by atoms with E-state index < -0.39 is 0 Å². The van der Waals surface area contributed by atoms with Gasteiger partial charge in [0.2, 0.25) is 5.91 Å². The fourth-order valence-electron chi connectivity index (χ4n) is 4.32. The topological polar surface area (TPSA) is 60.4 Å². The minimum Gasteiger partial charge on any atom is -0.381 e. The number of nitrogens with zero attached hydrogens (tertiary/aromatic N) is 4. The van der Waals surface area contributed by atoms with E-state index in [1.165, 1.54) is 16.3 Å². The summed E-state index contributed by atoms with van der Waals surface area (Å²) in [5.74, 6) is 1.37. The lowest BCUT2D eigenvalue weighted by Gasteiger charge is -2.37. The van der Waals surface area contributed by atoms with Crippen LogP contribution in [0.25, 0.3) is 10.8 Å². The van der Waals surface area contributed by atoms with Crippen molar-refractivity contribution in [1.29, 1.82) is 0 Å². The highest BCUT2D eigenvalue weighted by Gasteiger charge is 2.22. The summed E-state index contributed by atoms with van der Waals surface area (Å²) in [6.45, 7) is 7.34. The van der Waals surface area contributed by atoms with Gasteiger partial charge in [-0.05, 0) is 22.8 Å². The maximum absolute atomic E-state index is 12.1. The van der Waals surface area contributed by atoms with Crippen molar-refractivity contribution in [3.63, 3.8) is 0 Å². The third kappa shape index (κ3) is 7.04. The van der Waals surface area contributed by atoms with Crippen molar-refractivity contribution < 1.29 is 9.53 Å². The first-order chi connectivity index (χ1) is 15.6. The standard InChI is InChI=1S/C25H35N5O2.HI/c1-28(2)24(31)17-27-25(26-16-20-10-15-32-19-20)30-13-11-29(12-14-30)18-22-8-5-7-21-6-3-4-9-23(21)22;/h3-9,20H,10-19H2,1-2H3,(H,26,27);1H. The number of likely N-dealkylation sites (N-methyl/N-ethyl adjacent to an activating group) is 1. The van der Waals surface area contributed by atoms with Gasteiger partial charge >= 0.3 is 0 Å². The molecule has 2 saturated heterocycles. The molecule has 2 aliphatic rings. The maximum Gasteiger partial charge on any atom is 0.243 e. The van der Waals surface area contributed by atoms with Crippen LogP contribution in [0.1, 0.15) is 12.0 Å². The van der Waals surface area contributed by atoms with Crippen molar-refractivity contribution in [2.75, 3.05) is 66.6 Å². The van der Waals surface area contributed by atoms with Crippen LogP contribution in [0.3, 0.4) is 0 Å². The van der Waals surface area contributed by atoms with Gasteiger partial charge in [-0.15, -0.1) is 24.0 Å². The van der Waals surface area contributed by atoms with Crippen LogP contribution in [0.5, 0.6) is 0 Å². The number of rotatable bonds is 6. The molecule has 2 aromatic rings. The second kappa shape index (κ2) is 12.5. The number of benzene rings is 2. The highest BCUT2D eigenvalue weighted by molar-refractivity contribution is 14.0. The van der Waals surface area contributed by atoms with Crippen molar-refractivity contribution in [1.82, 2.24) is 20.0 Å². The van der Waals surface area contributed by atoms with Gasteiger partial charge in [0.25, 0.3) is 0 Å². The zero-order valence-corrected chi connectivity index (χ0v) is 22.0. The fraction of sp³-hybridized carbons (Fsp3) is 0.520. The SMILES string of the molecule is CN(C)C(=O)CN=C(NCC1CCOC1)N1CCN(Cc2cccc3ccccc23)CC1.I. The maximum atomic E-state index is 12.1. The van der Waals surface area contributed by atoms with Crippen LogP contribution in [-0.2, 0) is 16.1 Å². The molecule has 0 aliphatic carbocycles. The first-order valence-electron chi connectivity index (χ1n) is 11.6. The molecule has 180 valence electrons. The number of fused-ring (bicyclic) bond motifs is 1. The number of amides is 1. The van der Waals surface area contributed by atoms with Crippen molar-refractivity contribution in [2.45, 2.75) is 13.0 Å². The lowest BCUT2D eigenvalue weighted by molar-refractivity contribution is -0.127. The van der Waals surface area contributed by atoms with Gasteiger partial charge in [-0.2, -0.15) is 0 Å². The number of halogens is 1. The Balaban J connectivity index is 0.00000306. The van der Waals surface area contributed by atoms with Gasteiger partial charge in [0.1, 0.15) is 6.54 Å². The molecule has 4 rings (SSSR count). The normalized spacial score (nSPS) is 19.4. The van der Waals surface area contributed by atoms with Crippen molar-refractivity contribution in [2.24, 2.45) is 10.9 Å². The predicted octanol–water partition coefficient (Wildman–Crippen LogP) is 2.65. The average Bonchev–Trinajstić information content (AvgIpc) is 3.33. The molecule has 1 N–H and O–H groups in total. The molecule has 8 heteroatoms. The molecule has 1 unspecified atom stereocenters. The van der Waals surface area contributed by atoms with Crippen molar-refractivity contribution in [3.05, 3.63) is 48.0 Å². The van der Waals surface area contributed by atoms with E-state index >= 15 is 0 Å². The second-order valence-electron chi connectivity index (χ2n) is 8.94. The Kier molecular flexibility index (Phi) is 9.76. The van der Waals surface area contributed by atoms with Gasteiger partial charge in [0.05, 0.1) is 6.61 Å². The minimum absolute atomic E-state index is 0. The van der Waals surface area contributed by atoms with E-state index in [0.29, 0.717) is 5.92 Å². The molecule has 0 saturated carbocycles. The number of guanidine groups is 1. The van der Waals surface area contributed by atoms with Crippen molar-refractivity contribution >= 4 is 46.6 Å². The smallest absolute Gasteiger partial charge is 0.243 e. The van der Waals surface area contributed by atoms with Gasteiger partial charge in [-0.1, -0.05) is 42.5 Å². The Hall–Kier alpha value is -1.91. The Morgan fingerprint density at radius 1 is 1.12 bits per heavy atom. The quantitative estimate of drug-likeness (QED) is 0.332. The highest BCUT2D eigenvalue weighted by atomic mass is 127. The number of hydrogen-bond donors (Lipinski definition) is 1. The molecule has 33 heavy (non-hydrogen) atoms. The Morgan fingerprint density at radius 3 is 2.61 bits per heavy atom. The Labute approximate surface area is 214 Å². The second-order valence-corrected chi connectivity index (χ2v) is 8.94. The van der Waals surface area contributed by atoms with Crippen LogP contribution in [-0.4, -0.2) is 93.1 Å². The van der Waals surface area contributed by atoms with E-state index in [4.69, 9.17) is 4.74 Å². The molecular weight excluding hydrogens is 529 g/mol. The molecule has 0 aromatic heterocycles. The Morgan fingerprint density at radius 2 is 1.88 bits per heavy atom. The van der Waals surface area contributed by atoms with Crippen LogP contribution in [0.4, 0.5) is 0 Å². The number of carbonyl (C=O) groups is 1. The number of aliphatic imine (C=N–C) groups is 1. The summed E-state index contributed by atoms with van der Waals surface area (Å²) >= 11 is 0. The van der Waals surface area contributed by atoms with Crippen LogP contribution in [0, 0.1) is 5.92 Å². The summed E-state index contributed by atoms with van der Waals surface area (Å²) in [7, 11) is 3.54. The van der Waals surface area contributed by atoms with Crippen LogP contribution >= 0.6 is 24.0 Å². The number of nitrogens with one attached hydrogen (secondary N) is 1. The monoisotopic (exact) mass is 565 g/mol. The zero-order chi connectivity index (χ0) is 22.3. The van der Waals surface area contributed by atoms with Gasteiger partial charge in [-0.3, -0.25) is 9.69 Å². The zero-order valence-electron chi connectivity index (χ0n) is 19.7. The Bertz CT molecular complexity index is 932. The third-order valence-electron chi connectivity index (χ3n) is 6.38. The van der Waals surface area contributed by atoms with E-state index in [9.17, 15) is 4.79 Å². The molecule has 2 aliphatic heterocycles. The van der Waals surface area contributed by atoms with Gasteiger partial charge < -0.3 is 19.9 Å². The number of piperazine rings is 1. The summed E-state index contributed by atoms with van der Waals surface area (Å²) in [4.78, 5) is 23.1. The van der Waals surface area contributed by atoms with Crippen LogP contribution in [0.15, 0.2) is 47.5 Å². The van der Waals surface area contributed by atoms with Crippen molar-refractivity contribution in [3.8, 4) is 0 Å². The molecule has 2 aromatic carbocycles. The number of hydrogen-bond acceptors (Lipinski definition) is 4. The fourth-order valence-corrected chi connectivity index (χ4v) is 4.32. The molecular formula is C25H36IN5O2. The largest absolute Gasteiger partial charge is 0.381 e. The molecule has 7 nitrogen and oxygen atoms in total. The van der Waals surface area contributed by atoms with Gasteiger partial charge in [-0.25, -0.2) is 4.99 Å². The molecule has 1 atom stereocenters. The van der Waals surface area contributed by atoms with Gasteiger partial charge in [0, 0.05) is 65.9 Å². The first-order valence-corrected chi connectivity index (χ1v) is 11.6. The van der Waals surface area contributed by atoms with E-state index in [1.807, 2.05) is 0 Å². The third-order valence-corrected chi connectivity index (χ3v) is 6.38. The summed E-state index contributed by atoms with van der Waals surface area (Å²) in [5.41, 5.74) is 1.38. The van der Waals surface area contributed by atoms with E-state index in [-0.39, 0.29) is 36.4 Å². The lowest BCUT2D eigenvalue weighted by atomic mass is 10.0. The highest BCUT2D eigenvalue weighted by Crippen LogP contribution is 2.20. The summed E-state index contributed by atoms with van der Waals surface area (Å²) < 4.78 is 5.50. The summed E-state index contributed by atoms with van der Waals surface area (Å²) in [6.07, 6.45) is 1.08. The number of carbonyl (C=O) groups excluding carboxylic acids is 1. The molecule has 2 fully saturated rings. The lowest BCUT2D eigenvalue weighted by Crippen LogP contribution is -2.53. The number of ether oxygens (including phenoxy) is 1. The molecule has 2 heterocycles. The first kappa shape index (κ1) is 25.7. The van der Waals surface area contributed by atoms with E-state index in [0.717, 1.165) is 64.9 Å². The van der Waals surface area contributed by atoms with E-state index in [2.05, 4.69) is 62.6 Å². The minimum atomic E-state index is 0. The molecule has 1 amide bonds. The molecule has 0 radical (unpaired) electrons. The summed E-state index contributed by atoms with van der Waals surface area (Å²) in [5, 5.41) is 6.15. The average molecular weight is 566 g/mol.